The second-order valence-corrected chi connectivity index (χ2v) is 7.56. The van der Waals surface area contributed by atoms with Gasteiger partial charge in [0.1, 0.15) is 11.8 Å². The number of rotatable bonds is 4. The molecule has 4 heterocycles. The van der Waals surface area contributed by atoms with Crippen molar-refractivity contribution in [2.75, 3.05) is 6.54 Å². The lowest BCUT2D eigenvalue weighted by molar-refractivity contribution is -0.137. The van der Waals surface area contributed by atoms with Crippen LogP contribution in [-0.4, -0.2) is 54.5 Å². The lowest BCUT2D eigenvalue weighted by Gasteiger charge is -2.39. The van der Waals surface area contributed by atoms with Crippen molar-refractivity contribution < 1.29 is 22.7 Å². The molecule has 3 aromatic heterocycles. The first-order valence-electron chi connectivity index (χ1n) is 10.1. The van der Waals surface area contributed by atoms with Crippen molar-refractivity contribution in [1.29, 1.82) is 0 Å². The van der Waals surface area contributed by atoms with Gasteiger partial charge in [-0.05, 0) is 44.9 Å². The predicted molar refractivity (Wildman–Crippen MR) is 107 cm³/mol. The van der Waals surface area contributed by atoms with Crippen molar-refractivity contribution in [2.24, 2.45) is 0 Å². The van der Waals surface area contributed by atoms with Gasteiger partial charge in [-0.15, -0.1) is 4.80 Å². The van der Waals surface area contributed by atoms with Crippen molar-refractivity contribution >= 4 is 5.91 Å². The zero-order valence-corrected chi connectivity index (χ0v) is 17.5. The highest BCUT2D eigenvalue weighted by Gasteiger charge is 2.35. The third-order valence-electron chi connectivity index (χ3n) is 5.36. The molecule has 0 bridgehead atoms. The molecule has 0 unspecified atom stereocenters. The van der Waals surface area contributed by atoms with E-state index < -0.39 is 17.8 Å². The van der Waals surface area contributed by atoms with Crippen molar-refractivity contribution in [3.05, 3.63) is 59.8 Å². The molecule has 0 spiro atoms. The molecule has 11 heteroatoms. The maximum absolute atomic E-state index is 13.4. The third-order valence-corrected chi connectivity index (χ3v) is 5.36. The minimum absolute atomic E-state index is 0.0826. The fourth-order valence-electron chi connectivity index (χ4n) is 3.67. The van der Waals surface area contributed by atoms with Crippen LogP contribution in [0.25, 0.3) is 5.69 Å². The number of alkyl halides is 3. The highest BCUT2D eigenvalue weighted by Crippen LogP contribution is 2.30. The Labute approximate surface area is 182 Å². The van der Waals surface area contributed by atoms with Crippen LogP contribution in [0.15, 0.2) is 42.9 Å². The zero-order valence-electron chi connectivity index (χ0n) is 17.5. The summed E-state index contributed by atoms with van der Waals surface area (Å²) in [5.74, 6) is -0.207. The number of hydrogen-bond donors (Lipinski definition) is 0. The van der Waals surface area contributed by atoms with E-state index in [9.17, 15) is 18.0 Å². The number of likely N-dealkylation sites (tertiary alicyclic amines) is 1. The molecule has 2 atom stereocenters. The topological polar surface area (TPSA) is 86.0 Å². The number of hydrogen-bond acceptors (Lipinski definition) is 6. The number of pyridine rings is 2. The number of carbonyl (C=O) groups excluding carboxylic acids is 1. The van der Waals surface area contributed by atoms with Gasteiger partial charge in [0, 0.05) is 24.5 Å². The molecule has 8 nitrogen and oxygen atoms in total. The molecule has 0 aliphatic carbocycles. The van der Waals surface area contributed by atoms with E-state index in [1.807, 2.05) is 6.92 Å². The number of halogens is 3. The van der Waals surface area contributed by atoms with E-state index in [1.54, 1.807) is 24.0 Å². The van der Waals surface area contributed by atoms with Crippen LogP contribution in [0, 0.1) is 6.92 Å². The fraction of sp³-hybridized carbons (Fsp3) is 0.381. The first-order valence-corrected chi connectivity index (χ1v) is 10.1. The van der Waals surface area contributed by atoms with Gasteiger partial charge in [0.05, 0.1) is 24.0 Å². The highest BCUT2D eigenvalue weighted by molar-refractivity contribution is 5.96. The second-order valence-electron chi connectivity index (χ2n) is 7.56. The van der Waals surface area contributed by atoms with Gasteiger partial charge in [-0.3, -0.25) is 4.79 Å². The maximum atomic E-state index is 13.4. The molecular weight excluding hydrogens is 425 g/mol. The van der Waals surface area contributed by atoms with Gasteiger partial charge in [0.25, 0.3) is 5.91 Å². The van der Waals surface area contributed by atoms with Gasteiger partial charge >= 0.3 is 6.18 Å². The molecule has 0 saturated carbocycles. The Morgan fingerprint density at radius 2 is 1.91 bits per heavy atom. The molecule has 1 aliphatic rings. The molecule has 1 fully saturated rings. The number of nitrogens with zero attached hydrogens (tertiary/aromatic N) is 6. The van der Waals surface area contributed by atoms with Gasteiger partial charge < -0.3 is 9.64 Å². The number of ether oxygens (including phenoxy) is 1. The molecule has 3 aromatic rings. The first-order chi connectivity index (χ1) is 15.2. The Morgan fingerprint density at radius 3 is 2.56 bits per heavy atom. The average molecular weight is 446 g/mol. The minimum atomic E-state index is -4.46. The highest BCUT2D eigenvalue weighted by atomic mass is 19.4. The first kappa shape index (κ1) is 21.7. The molecule has 0 N–H and O–H groups in total. The number of aryl methyl sites for hydroxylation is 1. The van der Waals surface area contributed by atoms with Crippen LogP contribution in [0.4, 0.5) is 13.2 Å². The smallest absolute Gasteiger partial charge is 0.417 e. The van der Waals surface area contributed by atoms with Crippen LogP contribution in [0.2, 0.25) is 0 Å². The summed E-state index contributed by atoms with van der Waals surface area (Å²) in [5, 5.41) is 8.20. The van der Waals surface area contributed by atoms with E-state index in [2.05, 4.69) is 20.2 Å². The number of amides is 1. The molecule has 4 rings (SSSR count). The Morgan fingerprint density at radius 1 is 1.16 bits per heavy atom. The second kappa shape index (κ2) is 8.56. The predicted octanol–water partition coefficient (Wildman–Crippen LogP) is 3.46. The number of aromatic nitrogens is 5. The molecule has 1 saturated heterocycles. The summed E-state index contributed by atoms with van der Waals surface area (Å²) in [4.78, 5) is 24.6. The van der Waals surface area contributed by atoms with E-state index in [0.29, 0.717) is 30.8 Å². The van der Waals surface area contributed by atoms with E-state index >= 15 is 0 Å². The monoisotopic (exact) mass is 446 g/mol. The van der Waals surface area contributed by atoms with Crippen LogP contribution in [0.3, 0.4) is 0 Å². The van der Waals surface area contributed by atoms with Gasteiger partial charge in [-0.25, -0.2) is 9.97 Å². The SMILES string of the molecule is Cc1ccc(-n2nccn2)c(C(=O)N2CCC[C@H](Oc3ccc(C(F)(F)F)cn3)[C@H]2C)n1. The summed E-state index contributed by atoms with van der Waals surface area (Å²) in [6, 6.07) is 5.29. The average Bonchev–Trinajstić information content (AvgIpc) is 3.29. The molecule has 168 valence electrons. The quantitative estimate of drug-likeness (QED) is 0.610. The lowest BCUT2D eigenvalue weighted by atomic mass is 9.99. The molecule has 1 aliphatic heterocycles. The maximum Gasteiger partial charge on any atom is 0.417 e. The summed E-state index contributed by atoms with van der Waals surface area (Å²) < 4.78 is 44.1. The molecule has 1 amide bonds. The summed E-state index contributed by atoms with van der Waals surface area (Å²) in [6.45, 7) is 4.13. The normalized spacial score (nSPS) is 19.1. The van der Waals surface area contributed by atoms with Crippen LogP contribution < -0.4 is 4.74 Å². The van der Waals surface area contributed by atoms with E-state index in [4.69, 9.17) is 4.74 Å². The number of carbonyl (C=O) groups is 1. The Hall–Kier alpha value is -3.50. The lowest BCUT2D eigenvalue weighted by Crippen LogP contribution is -2.51. The molecular formula is C21H21F3N6O2. The summed E-state index contributed by atoms with van der Waals surface area (Å²) >= 11 is 0. The van der Waals surface area contributed by atoms with Crippen LogP contribution in [0.5, 0.6) is 5.88 Å². The molecule has 0 radical (unpaired) electrons. The van der Waals surface area contributed by atoms with Crippen LogP contribution >= 0.6 is 0 Å². The van der Waals surface area contributed by atoms with Crippen molar-refractivity contribution in [3.8, 4) is 11.6 Å². The van der Waals surface area contributed by atoms with Gasteiger partial charge in [0.2, 0.25) is 5.88 Å². The Bertz CT molecular complexity index is 1090. The zero-order chi connectivity index (χ0) is 22.9. The van der Waals surface area contributed by atoms with Gasteiger partial charge in [-0.2, -0.15) is 23.4 Å². The van der Waals surface area contributed by atoms with Crippen LogP contribution in [-0.2, 0) is 6.18 Å². The van der Waals surface area contributed by atoms with Gasteiger partial charge in [0.15, 0.2) is 5.69 Å². The van der Waals surface area contributed by atoms with E-state index in [1.165, 1.54) is 23.3 Å². The van der Waals surface area contributed by atoms with Crippen LogP contribution in [0.1, 0.15) is 41.5 Å². The van der Waals surface area contributed by atoms with E-state index in [-0.39, 0.29) is 23.5 Å². The van der Waals surface area contributed by atoms with Crippen molar-refractivity contribution in [2.45, 2.75) is 45.0 Å². The van der Waals surface area contributed by atoms with E-state index in [0.717, 1.165) is 12.3 Å². The molecule has 32 heavy (non-hydrogen) atoms. The van der Waals surface area contributed by atoms with Crippen molar-refractivity contribution in [3.63, 3.8) is 0 Å². The number of piperidine rings is 1. The van der Waals surface area contributed by atoms with Crippen molar-refractivity contribution in [1.82, 2.24) is 29.9 Å². The molecule has 0 aromatic carbocycles. The fourth-order valence-corrected chi connectivity index (χ4v) is 3.67. The minimum Gasteiger partial charge on any atom is -0.472 e. The third kappa shape index (κ3) is 4.41. The Balaban J connectivity index is 1.54. The largest absolute Gasteiger partial charge is 0.472 e. The van der Waals surface area contributed by atoms with Gasteiger partial charge in [-0.1, -0.05) is 0 Å². The standard InChI is InChI=1S/C21H21F3N6O2/c1-13-5-7-16(30-26-9-10-27-30)19(28-13)20(31)29-11-3-4-17(14(29)2)32-18-8-6-15(12-25-18)21(22,23)24/h5-10,12,14,17H,3-4,11H2,1-2H3/t14-,17+/m1/s1. The summed E-state index contributed by atoms with van der Waals surface area (Å²) in [7, 11) is 0. The Kier molecular flexibility index (Phi) is 5.81. The summed E-state index contributed by atoms with van der Waals surface area (Å²) in [6.07, 6.45) is 0.191. The summed E-state index contributed by atoms with van der Waals surface area (Å²) in [5.41, 5.74) is 0.519.